The molecule has 0 spiro atoms. The molecule has 2 fully saturated rings. The number of aromatic amines is 1. The third-order valence-electron chi connectivity index (χ3n) is 4.79. The van der Waals surface area contributed by atoms with Crippen LogP contribution in [0.2, 0.25) is 0 Å². The van der Waals surface area contributed by atoms with E-state index >= 15 is 0 Å². The van der Waals surface area contributed by atoms with E-state index in [0.29, 0.717) is 18.0 Å². The van der Waals surface area contributed by atoms with Crippen molar-refractivity contribution in [2.45, 2.75) is 24.4 Å². The second-order valence-electron chi connectivity index (χ2n) is 5.82. The van der Waals surface area contributed by atoms with E-state index in [0.717, 1.165) is 24.0 Å². The lowest BCUT2D eigenvalue weighted by molar-refractivity contribution is 0.310. The maximum Gasteiger partial charge on any atom is 0.125 e. The second-order valence-corrected chi connectivity index (χ2v) is 5.82. The highest BCUT2D eigenvalue weighted by atomic mass is 19.1. The molecule has 2 aliphatic rings. The molecule has 2 N–H and O–H groups in total. The van der Waals surface area contributed by atoms with Crippen molar-refractivity contribution in [2.24, 2.45) is 0 Å². The van der Waals surface area contributed by atoms with Crippen molar-refractivity contribution in [3.8, 4) is 0 Å². The summed E-state index contributed by atoms with van der Waals surface area (Å²) in [7, 11) is 2.21. The molecule has 3 unspecified atom stereocenters. The van der Waals surface area contributed by atoms with Crippen molar-refractivity contribution in [3.63, 3.8) is 0 Å². The van der Waals surface area contributed by atoms with Crippen LogP contribution in [0.1, 0.15) is 17.9 Å². The lowest BCUT2D eigenvalue weighted by Gasteiger charge is -2.17. The second kappa shape index (κ2) is 4.05. The van der Waals surface area contributed by atoms with E-state index < -0.39 is 0 Å². The quantitative estimate of drug-likeness (QED) is 0.821. The number of likely N-dealkylation sites (tertiary alicyclic amines) is 1. The Morgan fingerprint density at radius 1 is 1.37 bits per heavy atom. The van der Waals surface area contributed by atoms with Gasteiger partial charge >= 0.3 is 0 Å². The number of rotatable bonds is 1. The lowest BCUT2D eigenvalue weighted by atomic mass is 9.92. The first kappa shape index (κ1) is 11.4. The fourth-order valence-corrected chi connectivity index (χ4v) is 3.90. The molecule has 2 aromatic rings. The number of hydrogen-bond acceptors (Lipinski definition) is 2. The normalized spacial score (nSPS) is 31.2. The Hall–Kier alpha value is -1.39. The number of halogens is 1. The van der Waals surface area contributed by atoms with E-state index in [1.165, 1.54) is 12.0 Å². The molecule has 3 atom stereocenters. The average molecular weight is 259 g/mol. The first-order chi connectivity index (χ1) is 9.24. The van der Waals surface area contributed by atoms with Gasteiger partial charge in [0.1, 0.15) is 5.82 Å². The number of benzene rings is 1. The van der Waals surface area contributed by atoms with Crippen LogP contribution in [-0.4, -0.2) is 42.1 Å². The van der Waals surface area contributed by atoms with Crippen molar-refractivity contribution in [3.05, 3.63) is 35.8 Å². The molecule has 0 radical (unpaired) electrons. The van der Waals surface area contributed by atoms with Crippen molar-refractivity contribution < 1.29 is 4.39 Å². The minimum atomic E-state index is -0.179. The molecule has 4 rings (SSSR count). The van der Waals surface area contributed by atoms with Gasteiger partial charge in [-0.3, -0.25) is 0 Å². The summed E-state index contributed by atoms with van der Waals surface area (Å²) < 4.78 is 13.3. The van der Waals surface area contributed by atoms with Gasteiger partial charge in [-0.2, -0.15) is 0 Å². The first-order valence-electron chi connectivity index (χ1n) is 6.94. The summed E-state index contributed by atoms with van der Waals surface area (Å²) in [4.78, 5) is 5.67. The third-order valence-corrected chi connectivity index (χ3v) is 4.79. The highest BCUT2D eigenvalue weighted by Gasteiger charge is 2.43. The third kappa shape index (κ3) is 1.63. The van der Waals surface area contributed by atoms with Crippen LogP contribution in [0.15, 0.2) is 24.4 Å². The molecule has 1 aromatic carbocycles. The molecule has 2 aliphatic heterocycles. The number of likely N-dealkylation sites (N-methyl/N-ethyl adjacent to an activating group) is 1. The molecule has 100 valence electrons. The smallest absolute Gasteiger partial charge is 0.125 e. The van der Waals surface area contributed by atoms with Gasteiger partial charge in [0.15, 0.2) is 0 Å². The minimum absolute atomic E-state index is 0.179. The highest BCUT2D eigenvalue weighted by molar-refractivity contribution is 5.84. The standard InChI is InChI=1S/C15H18FN3/c1-19-8-12(15-14(19)4-5-17-15)11-7-18-13-6-9(16)2-3-10(11)13/h2-3,6-7,12,14-15,17-18H,4-5,8H2,1H3. The molecule has 1 aromatic heterocycles. The van der Waals surface area contributed by atoms with Gasteiger partial charge in [0, 0.05) is 41.6 Å². The first-order valence-corrected chi connectivity index (χ1v) is 6.94. The summed E-state index contributed by atoms with van der Waals surface area (Å²) >= 11 is 0. The van der Waals surface area contributed by atoms with Crippen molar-refractivity contribution in [2.75, 3.05) is 20.1 Å². The summed E-state index contributed by atoms with van der Waals surface area (Å²) in [6.07, 6.45) is 3.29. The molecule has 3 heterocycles. The number of fused-ring (bicyclic) bond motifs is 2. The highest BCUT2D eigenvalue weighted by Crippen LogP contribution is 2.38. The molecule has 0 saturated carbocycles. The maximum atomic E-state index is 13.3. The molecule has 3 nitrogen and oxygen atoms in total. The van der Waals surface area contributed by atoms with E-state index in [-0.39, 0.29) is 5.82 Å². The van der Waals surface area contributed by atoms with Crippen LogP contribution in [0.4, 0.5) is 4.39 Å². The SMILES string of the molecule is CN1CC(c2c[nH]c3cc(F)ccc23)C2NCCC21. The van der Waals surface area contributed by atoms with E-state index in [4.69, 9.17) is 0 Å². The van der Waals surface area contributed by atoms with E-state index in [1.807, 2.05) is 6.07 Å². The van der Waals surface area contributed by atoms with Crippen LogP contribution in [0, 0.1) is 5.82 Å². The van der Waals surface area contributed by atoms with Gasteiger partial charge in [-0.25, -0.2) is 4.39 Å². The Labute approximate surface area is 111 Å². The zero-order valence-corrected chi connectivity index (χ0v) is 11.0. The maximum absolute atomic E-state index is 13.3. The van der Waals surface area contributed by atoms with Gasteiger partial charge in [-0.1, -0.05) is 0 Å². The lowest BCUT2D eigenvalue weighted by Crippen LogP contribution is -2.33. The van der Waals surface area contributed by atoms with Crippen LogP contribution in [0.5, 0.6) is 0 Å². The molecule has 2 saturated heterocycles. The fraction of sp³-hybridized carbons (Fsp3) is 0.467. The predicted molar refractivity (Wildman–Crippen MR) is 73.8 cm³/mol. The Kier molecular flexibility index (Phi) is 2.44. The van der Waals surface area contributed by atoms with Crippen molar-refractivity contribution >= 4 is 10.9 Å². The summed E-state index contributed by atoms with van der Waals surface area (Å²) in [5.41, 5.74) is 2.22. The molecular weight excluding hydrogens is 241 g/mol. The van der Waals surface area contributed by atoms with E-state index in [2.05, 4.69) is 28.4 Å². The van der Waals surface area contributed by atoms with Crippen LogP contribution >= 0.6 is 0 Å². The number of H-pyrrole nitrogens is 1. The number of hydrogen-bond donors (Lipinski definition) is 2. The average Bonchev–Trinajstić information content (AvgIpc) is 3.06. The van der Waals surface area contributed by atoms with Gasteiger partial charge in [-0.05, 0) is 43.8 Å². The zero-order valence-electron chi connectivity index (χ0n) is 11.0. The molecule has 0 aliphatic carbocycles. The molecule has 19 heavy (non-hydrogen) atoms. The Morgan fingerprint density at radius 3 is 3.16 bits per heavy atom. The Morgan fingerprint density at radius 2 is 2.26 bits per heavy atom. The predicted octanol–water partition coefficient (Wildman–Crippen LogP) is 2.07. The van der Waals surface area contributed by atoms with Gasteiger partial charge in [0.2, 0.25) is 0 Å². The molecular formula is C15H18FN3. The van der Waals surface area contributed by atoms with Gasteiger partial charge < -0.3 is 15.2 Å². The van der Waals surface area contributed by atoms with Gasteiger partial charge in [-0.15, -0.1) is 0 Å². The molecule has 4 heteroatoms. The zero-order chi connectivity index (χ0) is 13.0. The minimum Gasteiger partial charge on any atom is -0.361 e. The van der Waals surface area contributed by atoms with Crippen LogP contribution in [0.25, 0.3) is 10.9 Å². The summed E-state index contributed by atoms with van der Waals surface area (Å²) in [5, 5.41) is 4.80. The Balaban J connectivity index is 1.78. The number of nitrogens with zero attached hydrogens (tertiary/aromatic N) is 1. The largest absolute Gasteiger partial charge is 0.361 e. The summed E-state index contributed by atoms with van der Waals surface area (Å²) in [6.45, 7) is 2.18. The van der Waals surface area contributed by atoms with Crippen LogP contribution in [-0.2, 0) is 0 Å². The monoisotopic (exact) mass is 259 g/mol. The van der Waals surface area contributed by atoms with Crippen LogP contribution in [0.3, 0.4) is 0 Å². The molecule has 0 amide bonds. The number of aromatic nitrogens is 1. The summed E-state index contributed by atoms with van der Waals surface area (Å²) in [5.74, 6) is 0.318. The Bertz CT molecular complexity index is 621. The van der Waals surface area contributed by atoms with Crippen molar-refractivity contribution in [1.82, 2.24) is 15.2 Å². The van der Waals surface area contributed by atoms with Gasteiger partial charge in [0.25, 0.3) is 0 Å². The number of nitrogens with one attached hydrogen (secondary N) is 2. The summed E-state index contributed by atoms with van der Waals surface area (Å²) in [6, 6.07) is 6.22. The van der Waals surface area contributed by atoms with Crippen molar-refractivity contribution in [1.29, 1.82) is 0 Å². The van der Waals surface area contributed by atoms with E-state index in [1.54, 1.807) is 12.1 Å². The topological polar surface area (TPSA) is 31.1 Å². The van der Waals surface area contributed by atoms with E-state index in [9.17, 15) is 4.39 Å². The molecule has 0 bridgehead atoms. The van der Waals surface area contributed by atoms with Gasteiger partial charge in [0.05, 0.1) is 0 Å². The fourth-order valence-electron chi connectivity index (χ4n) is 3.90. The van der Waals surface area contributed by atoms with Crippen LogP contribution < -0.4 is 5.32 Å².